The smallest absolute Gasteiger partial charge is 0.250 e. The van der Waals surface area contributed by atoms with Crippen molar-refractivity contribution in [2.75, 3.05) is 20.2 Å². The maximum absolute atomic E-state index is 11.3. The molecule has 0 aliphatic heterocycles. The number of rotatable bonds is 6. The molecule has 0 saturated heterocycles. The number of nitrogens with one attached hydrogen (secondary N) is 1. The van der Waals surface area contributed by atoms with E-state index in [4.69, 9.17) is 10.5 Å². The summed E-state index contributed by atoms with van der Waals surface area (Å²) in [6.07, 6.45) is -0.420. The third-order valence-electron chi connectivity index (χ3n) is 2.70. The minimum atomic E-state index is -1.12. The third kappa shape index (κ3) is 4.01. The van der Waals surface area contributed by atoms with E-state index in [-0.39, 0.29) is 6.54 Å². The number of nitrogens with two attached hydrogens (primary N) is 1. The molecule has 0 aliphatic carbocycles. The van der Waals surface area contributed by atoms with Gasteiger partial charge in [0.1, 0.15) is 11.9 Å². The minimum absolute atomic E-state index is 0.0620. The van der Waals surface area contributed by atoms with Crippen molar-refractivity contribution in [3.05, 3.63) is 29.3 Å². The van der Waals surface area contributed by atoms with E-state index in [1.807, 2.05) is 25.1 Å². The number of methoxy groups -OCH3 is 1. The molecule has 0 spiro atoms. The quantitative estimate of drug-likeness (QED) is 0.664. The maximum atomic E-state index is 11.3. The van der Waals surface area contributed by atoms with Crippen LogP contribution in [0.4, 0.5) is 0 Å². The second-order valence-corrected chi connectivity index (χ2v) is 4.10. The van der Waals surface area contributed by atoms with Crippen molar-refractivity contribution in [3.8, 4) is 5.75 Å². The van der Waals surface area contributed by atoms with E-state index in [0.29, 0.717) is 13.0 Å². The first-order chi connectivity index (χ1) is 8.58. The van der Waals surface area contributed by atoms with Gasteiger partial charge in [-0.2, -0.15) is 0 Å². The lowest BCUT2D eigenvalue weighted by molar-refractivity contribution is -0.128. The van der Waals surface area contributed by atoms with Crippen LogP contribution >= 0.6 is 0 Å². The summed E-state index contributed by atoms with van der Waals surface area (Å²) in [6, 6.07) is 5.88. The van der Waals surface area contributed by atoms with Crippen molar-refractivity contribution in [1.82, 2.24) is 5.32 Å². The second kappa shape index (κ2) is 6.98. The number of hydrogen-bond acceptors (Lipinski definition) is 4. The molecule has 0 radical (unpaired) electrons. The van der Waals surface area contributed by atoms with Gasteiger partial charge in [0.05, 0.1) is 7.11 Å². The first-order valence-corrected chi connectivity index (χ1v) is 5.88. The van der Waals surface area contributed by atoms with Gasteiger partial charge in [-0.1, -0.05) is 12.1 Å². The normalized spacial score (nSPS) is 12.0. The molecule has 0 fully saturated rings. The zero-order chi connectivity index (χ0) is 13.5. The van der Waals surface area contributed by atoms with E-state index in [1.54, 1.807) is 7.11 Å². The summed E-state index contributed by atoms with van der Waals surface area (Å²) in [5.41, 5.74) is 7.35. The predicted octanol–water partition coefficient (Wildman–Crippen LogP) is -0.0181. The highest BCUT2D eigenvalue weighted by atomic mass is 16.5. The van der Waals surface area contributed by atoms with Gasteiger partial charge in [0, 0.05) is 13.1 Å². The van der Waals surface area contributed by atoms with E-state index in [0.717, 1.165) is 16.9 Å². The summed E-state index contributed by atoms with van der Waals surface area (Å²) in [7, 11) is 1.64. The number of carbonyl (C=O) groups is 1. The van der Waals surface area contributed by atoms with Crippen LogP contribution in [0.2, 0.25) is 0 Å². The molecule has 1 unspecified atom stereocenters. The fourth-order valence-electron chi connectivity index (χ4n) is 1.65. The van der Waals surface area contributed by atoms with Gasteiger partial charge in [0.2, 0.25) is 5.91 Å². The number of carbonyl (C=O) groups excluding carboxylic acids is 1. The fraction of sp³-hybridized carbons (Fsp3) is 0.462. The van der Waals surface area contributed by atoms with Crippen molar-refractivity contribution in [2.45, 2.75) is 19.4 Å². The number of aliphatic hydroxyl groups is 1. The molecule has 0 heterocycles. The van der Waals surface area contributed by atoms with Gasteiger partial charge < -0.3 is 20.9 Å². The van der Waals surface area contributed by atoms with Crippen LogP contribution in [0.25, 0.3) is 0 Å². The molecule has 100 valence electrons. The molecule has 5 heteroatoms. The number of hydrogen-bond donors (Lipinski definition) is 3. The first-order valence-electron chi connectivity index (χ1n) is 5.88. The van der Waals surface area contributed by atoms with E-state index in [2.05, 4.69) is 5.32 Å². The summed E-state index contributed by atoms with van der Waals surface area (Å²) in [5.74, 6) is 0.420. The highest BCUT2D eigenvalue weighted by Gasteiger charge is 2.11. The Morgan fingerprint density at radius 3 is 2.83 bits per heavy atom. The molecule has 1 aromatic carbocycles. The van der Waals surface area contributed by atoms with Crippen LogP contribution in [-0.2, 0) is 11.2 Å². The lowest BCUT2D eigenvalue weighted by Gasteiger charge is -2.10. The van der Waals surface area contributed by atoms with Gasteiger partial charge >= 0.3 is 0 Å². The van der Waals surface area contributed by atoms with Crippen LogP contribution in [0.3, 0.4) is 0 Å². The van der Waals surface area contributed by atoms with Gasteiger partial charge in [-0.25, -0.2) is 0 Å². The largest absolute Gasteiger partial charge is 0.496 e. The lowest BCUT2D eigenvalue weighted by Crippen LogP contribution is -2.39. The van der Waals surface area contributed by atoms with Crippen LogP contribution in [0.1, 0.15) is 11.1 Å². The van der Waals surface area contributed by atoms with Crippen molar-refractivity contribution in [1.29, 1.82) is 0 Å². The van der Waals surface area contributed by atoms with Crippen LogP contribution in [-0.4, -0.2) is 37.3 Å². The van der Waals surface area contributed by atoms with E-state index >= 15 is 0 Å². The summed E-state index contributed by atoms with van der Waals surface area (Å²) in [4.78, 5) is 11.3. The molecular weight excluding hydrogens is 232 g/mol. The molecule has 1 atom stereocenters. The monoisotopic (exact) mass is 252 g/mol. The molecule has 5 nitrogen and oxygen atoms in total. The van der Waals surface area contributed by atoms with Crippen molar-refractivity contribution in [2.24, 2.45) is 5.73 Å². The average Bonchev–Trinajstić information content (AvgIpc) is 2.37. The van der Waals surface area contributed by atoms with Gasteiger partial charge in [0.25, 0.3) is 0 Å². The van der Waals surface area contributed by atoms with Gasteiger partial charge in [-0.05, 0) is 30.5 Å². The number of aryl methyl sites for hydroxylation is 1. The third-order valence-corrected chi connectivity index (χ3v) is 2.70. The molecule has 0 aromatic heterocycles. The molecule has 4 N–H and O–H groups in total. The van der Waals surface area contributed by atoms with E-state index in [1.165, 1.54) is 0 Å². The molecular formula is C13H20N2O3. The number of amides is 1. The Bertz CT molecular complexity index is 407. The highest BCUT2D eigenvalue weighted by Crippen LogP contribution is 2.18. The van der Waals surface area contributed by atoms with Gasteiger partial charge in [-0.15, -0.1) is 0 Å². The van der Waals surface area contributed by atoms with Crippen LogP contribution in [0.5, 0.6) is 5.75 Å². The van der Waals surface area contributed by atoms with Crippen LogP contribution in [0, 0.1) is 6.92 Å². The molecule has 0 saturated carbocycles. The molecule has 1 rings (SSSR count). The highest BCUT2D eigenvalue weighted by molar-refractivity contribution is 5.80. The molecule has 1 aromatic rings. The molecule has 1 amide bonds. The van der Waals surface area contributed by atoms with Crippen molar-refractivity contribution >= 4 is 5.91 Å². The standard InChI is InChI=1S/C13H20N2O3/c1-9-7-10(3-4-12(9)18-2)5-6-15-13(17)11(16)8-14/h3-4,7,11,16H,5-6,8,14H2,1-2H3,(H,15,17). The second-order valence-electron chi connectivity index (χ2n) is 4.10. The molecule has 0 aliphatic rings. The Kier molecular flexibility index (Phi) is 5.61. The Labute approximate surface area is 107 Å². The number of ether oxygens (including phenoxy) is 1. The number of aliphatic hydroxyl groups excluding tert-OH is 1. The summed E-state index contributed by atoms with van der Waals surface area (Å²) in [5, 5.41) is 11.8. The minimum Gasteiger partial charge on any atom is -0.496 e. The van der Waals surface area contributed by atoms with Gasteiger partial charge in [-0.3, -0.25) is 4.79 Å². The van der Waals surface area contributed by atoms with Crippen LogP contribution in [0.15, 0.2) is 18.2 Å². The summed E-state index contributed by atoms with van der Waals surface area (Å²) in [6.45, 7) is 2.38. The fourth-order valence-corrected chi connectivity index (χ4v) is 1.65. The van der Waals surface area contributed by atoms with Crippen molar-refractivity contribution < 1.29 is 14.6 Å². The van der Waals surface area contributed by atoms with E-state index in [9.17, 15) is 9.90 Å². The van der Waals surface area contributed by atoms with Crippen LogP contribution < -0.4 is 15.8 Å². The summed E-state index contributed by atoms with van der Waals surface area (Å²) < 4.78 is 5.17. The zero-order valence-corrected chi connectivity index (χ0v) is 10.8. The molecule has 0 bridgehead atoms. The lowest BCUT2D eigenvalue weighted by atomic mass is 10.1. The Morgan fingerprint density at radius 1 is 1.56 bits per heavy atom. The predicted molar refractivity (Wildman–Crippen MR) is 69.5 cm³/mol. The maximum Gasteiger partial charge on any atom is 0.250 e. The Hall–Kier alpha value is -1.59. The van der Waals surface area contributed by atoms with Gasteiger partial charge in [0.15, 0.2) is 0 Å². The topological polar surface area (TPSA) is 84.6 Å². The zero-order valence-electron chi connectivity index (χ0n) is 10.8. The SMILES string of the molecule is COc1ccc(CCNC(=O)C(O)CN)cc1C. The Balaban J connectivity index is 2.45. The Morgan fingerprint density at radius 2 is 2.28 bits per heavy atom. The van der Waals surface area contributed by atoms with Crippen molar-refractivity contribution in [3.63, 3.8) is 0 Å². The molecule has 18 heavy (non-hydrogen) atoms. The summed E-state index contributed by atoms with van der Waals surface area (Å²) >= 11 is 0. The number of benzene rings is 1. The average molecular weight is 252 g/mol. The first kappa shape index (κ1) is 14.5. The van der Waals surface area contributed by atoms with E-state index < -0.39 is 12.0 Å².